The van der Waals surface area contributed by atoms with Crippen molar-refractivity contribution in [2.45, 2.75) is 0 Å². The molecule has 2 rings (SSSR count). The molecule has 0 spiro atoms. The lowest BCUT2D eigenvalue weighted by Gasteiger charge is -2.05. The van der Waals surface area contributed by atoms with Crippen molar-refractivity contribution in [3.63, 3.8) is 0 Å². The van der Waals surface area contributed by atoms with Gasteiger partial charge in [0.2, 0.25) is 0 Å². The van der Waals surface area contributed by atoms with E-state index in [0.717, 1.165) is 10.8 Å². The van der Waals surface area contributed by atoms with Crippen LogP contribution < -0.4 is 4.74 Å². The summed E-state index contributed by atoms with van der Waals surface area (Å²) in [5.41, 5.74) is -0.0224. The summed E-state index contributed by atoms with van der Waals surface area (Å²) in [4.78, 5) is 21.2. The van der Waals surface area contributed by atoms with Gasteiger partial charge in [-0.05, 0) is 22.9 Å². The quantitative estimate of drug-likeness (QED) is 0.797. The predicted octanol–water partition coefficient (Wildman–Crippen LogP) is 2.07. The van der Waals surface area contributed by atoms with Gasteiger partial charge in [-0.2, -0.15) is 0 Å². The van der Waals surface area contributed by atoms with Crippen LogP contribution in [0.5, 0.6) is 5.75 Å². The van der Waals surface area contributed by atoms with Crippen molar-refractivity contribution in [2.75, 3.05) is 0 Å². The first kappa shape index (κ1) is 10.2. The molecule has 0 unspecified atom stereocenters. The van der Waals surface area contributed by atoms with Crippen LogP contribution in [0.1, 0.15) is 10.4 Å². The highest BCUT2D eigenvalue weighted by atomic mass is 16.5. The third-order valence-electron chi connectivity index (χ3n) is 2.25. The van der Waals surface area contributed by atoms with Crippen LogP contribution in [0.4, 0.5) is 0 Å². The van der Waals surface area contributed by atoms with Gasteiger partial charge >= 0.3 is 5.97 Å². The molecule has 1 N–H and O–H groups in total. The first-order valence-corrected chi connectivity index (χ1v) is 4.59. The number of rotatable bonds is 3. The highest BCUT2D eigenvalue weighted by Crippen LogP contribution is 2.25. The minimum absolute atomic E-state index is 0.0224. The van der Waals surface area contributed by atoms with Crippen molar-refractivity contribution < 1.29 is 19.4 Å². The van der Waals surface area contributed by atoms with Crippen LogP contribution in [-0.2, 0) is 4.79 Å². The first-order valence-electron chi connectivity index (χ1n) is 4.59. The zero-order valence-corrected chi connectivity index (χ0v) is 8.21. The molecule has 0 heterocycles. The summed E-state index contributed by atoms with van der Waals surface area (Å²) in [7, 11) is 0. The fraction of sp³-hybridized carbons (Fsp3) is 0. The van der Waals surface area contributed by atoms with Crippen LogP contribution in [0, 0.1) is 0 Å². The largest absolute Gasteiger partial charge is 0.478 e. The molecular weight excluding hydrogens is 208 g/mol. The van der Waals surface area contributed by atoms with E-state index in [-0.39, 0.29) is 17.8 Å². The number of carboxylic acid groups (broad SMARTS) is 1. The third-order valence-corrected chi connectivity index (χ3v) is 2.25. The van der Waals surface area contributed by atoms with Crippen LogP contribution in [-0.4, -0.2) is 17.5 Å². The molecule has 0 fully saturated rings. The van der Waals surface area contributed by atoms with Gasteiger partial charge in [-0.1, -0.05) is 24.3 Å². The number of carbonyl (C=O) groups excluding carboxylic acids is 1. The molecule has 4 heteroatoms. The van der Waals surface area contributed by atoms with E-state index in [0.29, 0.717) is 0 Å². The monoisotopic (exact) mass is 216 g/mol. The standard InChI is InChI=1S/C12H8O4/c13-7-16-11-6-9-4-2-1-3-8(9)5-10(11)12(14)15/h1-7H,(H,14,15). The summed E-state index contributed by atoms with van der Waals surface area (Å²) < 4.78 is 4.65. The van der Waals surface area contributed by atoms with Crippen molar-refractivity contribution in [3.05, 3.63) is 42.0 Å². The second kappa shape index (κ2) is 4.02. The topological polar surface area (TPSA) is 63.6 Å². The van der Waals surface area contributed by atoms with Crippen LogP contribution in [0.15, 0.2) is 36.4 Å². The number of hydrogen-bond donors (Lipinski definition) is 1. The van der Waals surface area contributed by atoms with E-state index in [2.05, 4.69) is 4.74 Å². The van der Waals surface area contributed by atoms with Gasteiger partial charge < -0.3 is 9.84 Å². The summed E-state index contributed by atoms with van der Waals surface area (Å²) >= 11 is 0. The molecule has 0 saturated carbocycles. The van der Waals surface area contributed by atoms with Gasteiger partial charge in [0.25, 0.3) is 6.47 Å². The normalized spacial score (nSPS) is 10.0. The number of carboxylic acids is 1. The maximum absolute atomic E-state index is 10.9. The van der Waals surface area contributed by atoms with Gasteiger partial charge in [-0.25, -0.2) is 4.79 Å². The lowest BCUT2D eigenvalue weighted by molar-refractivity contribution is -0.120. The fourth-order valence-electron chi connectivity index (χ4n) is 1.54. The molecule has 0 aromatic heterocycles. The van der Waals surface area contributed by atoms with E-state index in [1.54, 1.807) is 6.07 Å². The molecule has 80 valence electrons. The Bertz CT molecular complexity index is 560. The molecule has 16 heavy (non-hydrogen) atoms. The summed E-state index contributed by atoms with van der Waals surface area (Å²) in [5, 5.41) is 10.6. The SMILES string of the molecule is O=COc1cc2ccccc2cc1C(=O)O. The minimum atomic E-state index is -1.12. The number of ether oxygens (including phenoxy) is 1. The van der Waals surface area contributed by atoms with Gasteiger partial charge in [-0.15, -0.1) is 0 Å². The van der Waals surface area contributed by atoms with Crippen molar-refractivity contribution in [3.8, 4) is 5.75 Å². The van der Waals surface area contributed by atoms with E-state index in [1.807, 2.05) is 18.2 Å². The maximum Gasteiger partial charge on any atom is 0.339 e. The highest BCUT2D eigenvalue weighted by Gasteiger charge is 2.12. The summed E-state index contributed by atoms with van der Waals surface area (Å²) in [5.74, 6) is -1.07. The summed E-state index contributed by atoms with van der Waals surface area (Å²) in [6.45, 7) is 0.219. The Balaban J connectivity index is 2.70. The van der Waals surface area contributed by atoms with Crippen molar-refractivity contribution in [1.29, 1.82) is 0 Å². The predicted molar refractivity (Wildman–Crippen MR) is 57.6 cm³/mol. The average molecular weight is 216 g/mol. The Morgan fingerprint density at radius 1 is 1.19 bits per heavy atom. The van der Waals surface area contributed by atoms with Crippen LogP contribution in [0.25, 0.3) is 10.8 Å². The maximum atomic E-state index is 10.9. The lowest BCUT2D eigenvalue weighted by atomic mass is 10.1. The molecule has 0 bridgehead atoms. The van der Waals surface area contributed by atoms with E-state index < -0.39 is 5.97 Å². The van der Waals surface area contributed by atoms with Crippen LogP contribution in [0.3, 0.4) is 0 Å². The molecule has 0 atom stereocenters. The highest BCUT2D eigenvalue weighted by molar-refractivity contribution is 5.98. The van der Waals surface area contributed by atoms with E-state index >= 15 is 0 Å². The third kappa shape index (κ3) is 1.72. The van der Waals surface area contributed by atoms with Gasteiger partial charge in [0.05, 0.1) is 0 Å². The van der Waals surface area contributed by atoms with Crippen molar-refractivity contribution in [2.24, 2.45) is 0 Å². The molecule has 0 radical (unpaired) electrons. The smallest absolute Gasteiger partial charge is 0.339 e. The second-order valence-corrected chi connectivity index (χ2v) is 3.21. The van der Waals surface area contributed by atoms with Crippen molar-refractivity contribution in [1.82, 2.24) is 0 Å². The van der Waals surface area contributed by atoms with Gasteiger partial charge in [0.1, 0.15) is 11.3 Å². The van der Waals surface area contributed by atoms with Crippen LogP contribution in [0.2, 0.25) is 0 Å². The molecular formula is C12H8O4. The molecule has 2 aromatic rings. The molecule has 0 aliphatic carbocycles. The van der Waals surface area contributed by atoms with Gasteiger partial charge in [0.15, 0.2) is 0 Å². The van der Waals surface area contributed by atoms with E-state index in [1.165, 1.54) is 12.1 Å². The number of carbonyl (C=O) groups is 2. The number of fused-ring (bicyclic) bond motifs is 1. The molecule has 0 aliphatic rings. The second-order valence-electron chi connectivity index (χ2n) is 3.21. The van der Waals surface area contributed by atoms with Crippen LogP contribution >= 0.6 is 0 Å². The number of aromatic carboxylic acids is 1. The Morgan fingerprint density at radius 2 is 1.81 bits per heavy atom. The van der Waals surface area contributed by atoms with Gasteiger partial charge in [-0.3, -0.25) is 4.79 Å². The summed E-state index contributed by atoms with van der Waals surface area (Å²) in [6.07, 6.45) is 0. The first-order chi connectivity index (χ1) is 7.72. The van der Waals surface area contributed by atoms with E-state index in [9.17, 15) is 9.59 Å². The zero-order chi connectivity index (χ0) is 11.5. The molecule has 2 aromatic carbocycles. The minimum Gasteiger partial charge on any atom is -0.478 e. The lowest BCUT2D eigenvalue weighted by Crippen LogP contribution is -2.01. The Kier molecular flexibility index (Phi) is 2.55. The van der Waals surface area contributed by atoms with Gasteiger partial charge in [0, 0.05) is 0 Å². The number of hydrogen-bond acceptors (Lipinski definition) is 3. The fourth-order valence-corrected chi connectivity index (χ4v) is 1.54. The number of benzene rings is 2. The molecule has 4 nitrogen and oxygen atoms in total. The Labute approximate surface area is 91.1 Å². The molecule has 0 saturated heterocycles. The Morgan fingerprint density at radius 3 is 2.38 bits per heavy atom. The van der Waals surface area contributed by atoms with E-state index in [4.69, 9.17) is 5.11 Å². The zero-order valence-electron chi connectivity index (χ0n) is 8.21. The van der Waals surface area contributed by atoms with Crippen molar-refractivity contribution >= 4 is 23.2 Å². The average Bonchev–Trinajstić information content (AvgIpc) is 2.28. The molecule has 0 aliphatic heterocycles. The molecule has 0 amide bonds. The summed E-state index contributed by atoms with van der Waals surface area (Å²) in [6, 6.07) is 10.3. The Hall–Kier alpha value is -2.36.